The molecule has 0 aliphatic heterocycles. The van der Waals surface area contributed by atoms with Crippen molar-refractivity contribution in [1.82, 2.24) is 15.7 Å². The lowest BCUT2D eigenvalue weighted by Gasteiger charge is -2.13. The summed E-state index contributed by atoms with van der Waals surface area (Å²) in [7, 11) is 0. The molecule has 2 aliphatic rings. The minimum absolute atomic E-state index is 0.546. The van der Waals surface area contributed by atoms with Gasteiger partial charge in [-0.2, -0.15) is 5.10 Å². The zero-order valence-electron chi connectivity index (χ0n) is 12.7. The fourth-order valence-corrected chi connectivity index (χ4v) is 4.00. The first-order chi connectivity index (χ1) is 11.3. The van der Waals surface area contributed by atoms with E-state index in [-0.39, 0.29) is 0 Å². The predicted octanol–water partition coefficient (Wildman–Crippen LogP) is 3.48. The number of rotatable bonds is 3. The zero-order chi connectivity index (χ0) is 15.6. The van der Waals surface area contributed by atoms with Crippen molar-refractivity contribution in [3.05, 3.63) is 40.9 Å². The highest BCUT2D eigenvalue weighted by Gasteiger charge is 2.23. The second-order valence-corrected chi connectivity index (χ2v) is 7.34. The maximum Gasteiger partial charge on any atom is 0.187 e. The Kier molecular flexibility index (Phi) is 4.10. The molecule has 0 bridgehead atoms. The third kappa shape index (κ3) is 3.43. The predicted molar refractivity (Wildman–Crippen MR) is 98.9 cm³/mol. The molecule has 0 saturated heterocycles. The summed E-state index contributed by atoms with van der Waals surface area (Å²) in [5.41, 5.74) is 6.42. The highest BCUT2D eigenvalue weighted by molar-refractivity contribution is 7.80. The van der Waals surface area contributed by atoms with Crippen molar-refractivity contribution in [3.63, 3.8) is 0 Å². The van der Waals surface area contributed by atoms with E-state index in [0.29, 0.717) is 11.2 Å². The van der Waals surface area contributed by atoms with E-state index < -0.39 is 0 Å². The van der Waals surface area contributed by atoms with Gasteiger partial charge in [-0.05, 0) is 44.3 Å². The van der Waals surface area contributed by atoms with Gasteiger partial charge in [-0.3, -0.25) is 5.43 Å². The monoisotopic (exact) mass is 342 g/mol. The van der Waals surface area contributed by atoms with Crippen molar-refractivity contribution in [2.24, 2.45) is 5.10 Å². The van der Waals surface area contributed by atoms with E-state index >= 15 is 0 Å². The van der Waals surface area contributed by atoms with Crippen molar-refractivity contribution in [3.8, 4) is 10.6 Å². The van der Waals surface area contributed by atoms with Gasteiger partial charge in [-0.15, -0.1) is 11.3 Å². The lowest BCUT2D eigenvalue weighted by Crippen LogP contribution is -2.34. The summed E-state index contributed by atoms with van der Waals surface area (Å²) >= 11 is 7.01. The Morgan fingerprint density at radius 2 is 2.04 bits per heavy atom. The Morgan fingerprint density at radius 1 is 1.22 bits per heavy atom. The zero-order valence-corrected chi connectivity index (χ0v) is 14.3. The summed E-state index contributed by atoms with van der Waals surface area (Å²) in [6.45, 7) is 0. The van der Waals surface area contributed by atoms with Gasteiger partial charge in [0.2, 0.25) is 0 Å². The van der Waals surface area contributed by atoms with Crippen LogP contribution in [0, 0.1) is 0 Å². The number of nitrogens with one attached hydrogen (secondary N) is 2. The van der Waals surface area contributed by atoms with Gasteiger partial charge in [0.15, 0.2) is 5.11 Å². The van der Waals surface area contributed by atoms with Crippen molar-refractivity contribution in [2.75, 3.05) is 0 Å². The molecule has 2 aromatic rings. The molecule has 2 aliphatic carbocycles. The summed E-state index contributed by atoms with van der Waals surface area (Å²) in [6, 6.07) is 10.9. The molecule has 0 amide bonds. The summed E-state index contributed by atoms with van der Waals surface area (Å²) in [4.78, 5) is 6.02. The maximum atomic E-state index is 5.28. The van der Waals surface area contributed by atoms with E-state index in [1.54, 1.807) is 11.3 Å². The lowest BCUT2D eigenvalue weighted by molar-refractivity contribution is 0.806. The highest BCUT2D eigenvalue weighted by atomic mass is 32.1. The summed E-state index contributed by atoms with van der Waals surface area (Å²) in [5, 5.41) is 9.49. The molecule has 1 heterocycles. The first kappa shape index (κ1) is 14.8. The molecule has 2 N–H and O–H groups in total. The van der Waals surface area contributed by atoms with Crippen molar-refractivity contribution >= 4 is 34.4 Å². The van der Waals surface area contributed by atoms with E-state index in [2.05, 4.69) is 28.0 Å². The topological polar surface area (TPSA) is 49.3 Å². The molecular formula is C17H18N4S2. The van der Waals surface area contributed by atoms with E-state index in [9.17, 15) is 0 Å². The summed E-state index contributed by atoms with van der Waals surface area (Å²) < 4.78 is 0. The number of aromatic nitrogens is 1. The van der Waals surface area contributed by atoms with E-state index in [4.69, 9.17) is 17.2 Å². The Morgan fingerprint density at radius 3 is 2.83 bits per heavy atom. The van der Waals surface area contributed by atoms with Crippen molar-refractivity contribution in [2.45, 2.75) is 38.1 Å². The van der Waals surface area contributed by atoms with Gasteiger partial charge in [0, 0.05) is 11.6 Å². The van der Waals surface area contributed by atoms with Crippen LogP contribution in [0.2, 0.25) is 0 Å². The normalized spacial score (nSPS) is 18.5. The maximum absolute atomic E-state index is 5.28. The second kappa shape index (κ2) is 6.37. The molecule has 1 aromatic heterocycles. The van der Waals surface area contributed by atoms with Crippen LogP contribution in [0.3, 0.4) is 0 Å². The molecule has 4 nitrogen and oxygen atoms in total. The van der Waals surface area contributed by atoms with Crippen LogP contribution in [0.5, 0.6) is 0 Å². The third-order valence-corrected chi connectivity index (χ3v) is 5.42. The first-order valence-corrected chi connectivity index (χ1v) is 9.20. The summed E-state index contributed by atoms with van der Waals surface area (Å²) in [5.74, 6) is 0. The molecule has 0 radical (unpaired) electrons. The van der Waals surface area contributed by atoms with E-state index in [0.717, 1.165) is 30.0 Å². The van der Waals surface area contributed by atoms with Gasteiger partial charge in [0.1, 0.15) is 5.01 Å². The van der Waals surface area contributed by atoms with Gasteiger partial charge in [0.05, 0.1) is 16.3 Å². The van der Waals surface area contributed by atoms with Crippen LogP contribution in [0.25, 0.3) is 10.6 Å². The Hall–Kier alpha value is -1.79. The van der Waals surface area contributed by atoms with Gasteiger partial charge >= 0.3 is 0 Å². The largest absolute Gasteiger partial charge is 0.359 e. The minimum Gasteiger partial charge on any atom is -0.359 e. The fourth-order valence-electron chi connectivity index (χ4n) is 2.66. The lowest BCUT2D eigenvalue weighted by atomic mass is 10.0. The van der Waals surface area contributed by atoms with E-state index in [1.807, 2.05) is 18.2 Å². The molecule has 4 rings (SSSR count). The van der Waals surface area contributed by atoms with Crippen molar-refractivity contribution < 1.29 is 0 Å². The van der Waals surface area contributed by atoms with Crippen molar-refractivity contribution in [1.29, 1.82) is 0 Å². The van der Waals surface area contributed by atoms with Gasteiger partial charge < -0.3 is 5.32 Å². The fraction of sp³-hybridized carbons (Fsp3) is 0.353. The molecule has 0 unspecified atom stereocenters. The number of aryl methyl sites for hydroxylation is 1. The highest BCUT2D eigenvalue weighted by Crippen LogP contribution is 2.32. The molecule has 0 spiro atoms. The number of nitrogens with zero attached hydrogens (tertiary/aromatic N) is 2. The van der Waals surface area contributed by atoms with Crippen LogP contribution < -0.4 is 10.7 Å². The van der Waals surface area contributed by atoms with Crippen LogP contribution >= 0.6 is 23.6 Å². The smallest absolute Gasteiger partial charge is 0.187 e. The molecule has 1 aromatic carbocycles. The van der Waals surface area contributed by atoms with Gasteiger partial charge in [-0.1, -0.05) is 30.3 Å². The Labute approximate surface area is 145 Å². The number of hydrogen-bond donors (Lipinski definition) is 2. The summed E-state index contributed by atoms with van der Waals surface area (Å²) in [6.07, 6.45) is 5.51. The minimum atomic E-state index is 0.546. The first-order valence-electron chi connectivity index (χ1n) is 7.98. The standard InChI is InChI=1S/C17H18N4S2/c22-17(18-12-9-10-12)21-20-14-8-4-7-13-15(14)23-16(19-13)11-5-2-1-3-6-11/h1-3,5-6,12H,4,7-10H2,(H2,18,21,22)/b20-14-. The van der Waals surface area contributed by atoms with Crippen LogP contribution in [0.15, 0.2) is 35.4 Å². The number of fused-ring (bicyclic) bond motifs is 1. The Balaban J connectivity index is 1.55. The quantitative estimate of drug-likeness (QED) is 0.662. The second-order valence-electron chi connectivity index (χ2n) is 5.93. The molecule has 0 atom stereocenters. The van der Waals surface area contributed by atoms with Crippen LogP contribution in [-0.4, -0.2) is 21.8 Å². The van der Waals surface area contributed by atoms with Crippen LogP contribution in [-0.2, 0) is 6.42 Å². The molecule has 1 saturated carbocycles. The number of thiazole rings is 1. The molecule has 1 fully saturated rings. The molecule has 23 heavy (non-hydrogen) atoms. The van der Waals surface area contributed by atoms with Gasteiger partial charge in [0.25, 0.3) is 0 Å². The van der Waals surface area contributed by atoms with Gasteiger partial charge in [-0.25, -0.2) is 4.98 Å². The number of hydrogen-bond acceptors (Lipinski definition) is 4. The van der Waals surface area contributed by atoms with Crippen LogP contribution in [0.4, 0.5) is 0 Å². The Bertz CT molecular complexity index is 747. The van der Waals surface area contributed by atoms with Crippen LogP contribution in [0.1, 0.15) is 36.3 Å². The van der Waals surface area contributed by atoms with E-state index in [1.165, 1.54) is 29.0 Å². The number of thiocarbonyl (C=S) groups is 1. The average Bonchev–Trinajstić information content (AvgIpc) is 3.28. The number of benzene rings is 1. The number of hydrazone groups is 1. The molecule has 118 valence electrons. The molecular weight excluding hydrogens is 324 g/mol. The third-order valence-electron chi connectivity index (χ3n) is 4.01. The average molecular weight is 342 g/mol. The SMILES string of the molecule is S=C(N/N=C1/CCCc2nc(-c3ccccc3)sc21)NC1CC1. The molecule has 6 heteroatoms.